The highest BCUT2D eigenvalue weighted by Crippen LogP contribution is 2.25. The van der Waals surface area contributed by atoms with Crippen LogP contribution in [0.3, 0.4) is 0 Å². The first-order valence-corrected chi connectivity index (χ1v) is 10.7. The van der Waals surface area contributed by atoms with Gasteiger partial charge in [-0.1, -0.05) is 29.8 Å². The van der Waals surface area contributed by atoms with E-state index in [2.05, 4.69) is 34.5 Å². The van der Waals surface area contributed by atoms with Gasteiger partial charge in [0, 0.05) is 35.1 Å². The Morgan fingerprint density at radius 3 is 2.44 bits per heavy atom. The monoisotopic (exact) mass is 430 g/mol. The maximum Gasteiger partial charge on any atom is 0.224 e. The highest BCUT2D eigenvalue weighted by Gasteiger charge is 2.15. The van der Waals surface area contributed by atoms with Gasteiger partial charge in [0.1, 0.15) is 5.82 Å². The van der Waals surface area contributed by atoms with E-state index in [0.29, 0.717) is 29.7 Å². The molecule has 0 saturated heterocycles. The molecule has 4 aromatic rings. The van der Waals surface area contributed by atoms with Crippen LogP contribution in [0.1, 0.15) is 40.1 Å². The van der Waals surface area contributed by atoms with Crippen LogP contribution < -0.4 is 5.32 Å². The third-order valence-electron chi connectivity index (χ3n) is 5.83. The maximum atomic E-state index is 13.6. The number of aromatic nitrogens is 3. The van der Waals surface area contributed by atoms with Gasteiger partial charge in [-0.05, 0) is 69.9 Å². The number of hydrogen-bond donors (Lipinski definition) is 1. The first kappa shape index (κ1) is 21.7. The standard InChI is InChI=1S/C26H27FN4O/c1-15-11-16(2)26(17(3)12-15)29-25(32)10-9-22-18(4)28-24-14-23(30-31(24)19(22)5)20-7-6-8-21(27)13-20/h6-8,11-14H,9-10H2,1-5H3,(H,29,32). The molecule has 0 aliphatic rings. The summed E-state index contributed by atoms with van der Waals surface area (Å²) in [7, 11) is 0. The highest BCUT2D eigenvalue weighted by molar-refractivity contribution is 5.92. The molecule has 0 saturated carbocycles. The predicted molar refractivity (Wildman–Crippen MR) is 125 cm³/mol. The van der Waals surface area contributed by atoms with Gasteiger partial charge in [0.05, 0.1) is 5.69 Å². The number of amides is 1. The summed E-state index contributed by atoms with van der Waals surface area (Å²) in [5.41, 5.74) is 9.08. The predicted octanol–water partition coefficient (Wildman–Crippen LogP) is 5.65. The lowest BCUT2D eigenvalue weighted by Crippen LogP contribution is -2.15. The lowest BCUT2D eigenvalue weighted by Gasteiger charge is -2.14. The largest absolute Gasteiger partial charge is 0.326 e. The fraction of sp³-hybridized carbons (Fsp3) is 0.269. The molecule has 2 aromatic carbocycles. The lowest BCUT2D eigenvalue weighted by atomic mass is 10.0. The zero-order chi connectivity index (χ0) is 23.0. The normalized spacial score (nSPS) is 11.2. The van der Waals surface area contributed by atoms with Crippen LogP contribution in [0.25, 0.3) is 16.9 Å². The molecule has 6 heteroatoms. The van der Waals surface area contributed by atoms with Gasteiger partial charge in [-0.3, -0.25) is 4.79 Å². The molecule has 4 rings (SSSR count). The van der Waals surface area contributed by atoms with E-state index in [-0.39, 0.29) is 11.7 Å². The van der Waals surface area contributed by atoms with Crippen LogP contribution in [-0.2, 0) is 11.2 Å². The summed E-state index contributed by atoms with van der Waals surface area (Å²) in [5, 5.41) is 7.70. The molecule has 0 fully saturated rings. The third kappa shape index (κ3) is 4.26. The molecular weight excluding hydrogens is 403 g/mol. The Morgan fingerprint density at radius 1 is 1.03 bits per heavy atom. The average Bonchev–Trinajstić information content (AvgIpc) is 3.15. The Labute approximate surface area is 187 Å². The van der Waals surface area contributed by atoms with Crippen LogP contribution in [0.15, 0.2) is 42.5 Å². The Bertz CT molecular complexity index is 1320. The minimum Gasteiger partial charge on any atom is -0.326 e. The van der Waals surface area contributed by atoms with Gasteiger partial charge in [-0.25, -0.2) is 13.9 Å². The molecule has 32 heavy (non-hydrogen) atoms. The van der Waals surface area contributed by atoms with Crippen molar-refractivity contribution in [1.29, 1.82) is 0 Å². The molecule has 0 spiro atoms. The van der Waals surface area contributed by atoms with Crippen molar-refractivity contribution in [3.8, 4) is 11.3 Å². The second kappa shape index (κ2) is 8.54. The molecule has 164 valence electrons. The van der Waals surface area contributed by atoms with Crippen molar-refractivity contribution in [3.63, 3.8) is 0 Å². The second-order valence-electron chi connectivity index (χ2n) is 8.39. The molecule has 5 nitrogen and oxygen atoms in total. The Balaban J connectivity index is 1.56. The third-order valence-corrected chi connectivity index (χ3v) is 5.83. The summed E-state index contributed by atoms with van der Waals surface area (Å²) in [6.07, 6.45) is 0.908. The van der Waals surface area contributed by atoms with Gasteiger partial charge >= 0.3 is 0 Å². The topological polar surface area (TPSA) is 59.3 Å². The number of carbonyl (C=O) groups excluding carboxylic acids is 1. The van der Waals surface area contributed by atoms with Gasteiger partial charge in [0.25, 0.3) is 0 Å². The number of aryl methyl sites for hydroxylation is 5. The highest BCUT2D eigenvalue weighted by atomic mass is 19.1. The number of nitrogens with zero attached hydrogens (tertiary/aromatic N) is 3. The van der Waals surface area contributed by atoms with Gasteiger partial charge in [0.2, 0.25) is 5.91 Å². The number of nitrogens with one attached hydrogen (secondary N) is 1. The van der Waals surface area contributed by atoms with Gasteiger partial charge in [-0.2, -0.15) is 5.10 Å². The fourth-order valence-corrected chi connectivity index (χ4v) is 4.29. The molecule has 0 aliphatic heterocycles. The zero-order valence-corrected chi connectivity index (χ0v) is 19.1. The molecule has 0 bridgehead atoms. The number of halogens is 1. The number of benzene rings is 2. The minimum atomic E-state index is -0.300. The first-order chi connectivity index (χ1) is 15.2. The molecular formula is C26H27FN4O. The summed E-state index contributed by atoms with van der Waals surface area (Å²) in [6, 6.07) is 12.4. The molecule has 2 aromatic heterocycles. The molecule has 0 unspecified atom stereocenters. The summed E-state index contributed by atoms with van der Waals surface area (Å²) >= 11 is 0. The van der Waals surface area contributed by atoms with Crippen molar-refractivity contribution in [3.05, 3.63) is 81.9 Å². The lowest BCUT2D eigenvalue weighted by molar-refractivity contribution is -0.116. The number of rotatable bonds is 5. The van der Waals surface area contributed by atoms with Crippen LogP contribution in [0, 0.1) is 40.4 Å². The van der Waals surface area contributed by atoms with Crippen molar-refractivity contribution >= 4 is 17.2 Å². The van der Waals surface area contributed by atoms with Gasteiger partial charge in [-0.15, -0.1) is 0 Å². The van der Waals surface area contributed by atoms with Crippen LogP contribution >= 0.6 is 0 Å². The van der Waals surface area contributed by atoms with Crippen LogP contribution in [0.4, 0.5) is 10.1 Å². The number of hydrogen-bond acceptors (Lipinski definition) is 3. The Morgan fingerprint density at radius 2 is 1.75 bits per heavy atom. The second-order valence-corrected chi connectivity index (χ2v) is 8.39. The van der Waals surface area contributed by atoms with E-state index in [0.717, 1.165) is 33.8 Å². The smallest absolute Gasteiger partial charge is 0.224 e. The van der Waals surface area contributed by atoms with E-state index in [1.807, 2.05) is 39.8 Å². The van der Waals surface area contributed by atoms with Crippen molar-refractivity contribution < 1.29 is 9.18 Å². The van der Waals surface area contributed by atoms with E-state index >= 15 is 0 Å². The first-order valence-electron chi connectivity index (χ1n) is 10.7. The molecule has 0 radical (unpaired) electrons. The van der Waals surface area contributed by atoms with E-state index < -0.39 is 0 Å². The molecule has 0 aliphatic carbocycles. The summed E-state index contributed by atoms with van der Waals surface area (Å²) in [5.74, 6) is -0.328. The van der Waals surface area contributed by atoms with Crippen LogP contribution in [0.2, 0.25) is 0 Å². The molecule has 1 amide bonds. The maximum absolute atomic E-state index is 13.6. The van der Waals surface area contributed by atoms with Crippen LogP contribution in [0.5, 0.6) is 0 Å². The summed E-state index contributed by atoms with van der Waals surface area (Å²) in [4.78, 5) is 17.4. The number of carbonyl (C=O) groups is 1. The van der Waals surface area contributed by atoms with E-state index in [1.165, 1.54) is 17.7 Å². The van der Waals surface area contributed by atoms with Gasteiger partial charge < -0.3 is 5.32 Å². The summed E-state index contributed by atoms with van der Waals surface area (Å²) in [6.45, 7) is 10.00. The minimum absolute atomic E-state index is 0.0279. The van der Waals surface area contributed by atoms with Crippen molar-refractivity contribution in [2.24, 2.45) is 0 Å². The van der Waals surface area contributed by atoms with E-state index in [9.17, 15) is 9.18 Å². The Hall–Kier alpha value is -3.54. The van der Waals surface area contributed by atoms with Crippen LogP contribution in [-0.4, -0.2) is 20.5 Å². The van der Waals surface area contributed by atoms with Crippen molar-refractivity contribution in [2.75, 3.05) is 5.32 Å². The van der Waals surface area contributed by atoms with Gasteiger partial charge in [0.15, 0.2) is 5.65 Å². The number of anilines is 1. The summed E-state index contributed by atoms with van der Waals surface area (Å²) < 4.78 is 15.4. The molecule has 1 N–H and O–H groups in total. The number of fused-ring (bicyclic) bond motifs is 1. The van der Waals surface area contributed by atoms with Crippen molar-refractivity contribution in [1.82, 2.24) is 14.6 Å². The van der Waals surface area contributed by atoms with Crippen molar-refractivity contribution in [2.45, 2.75) is 47.5 Å². The quantitative estimate of drug-likeness (QED) is 0.445. The fourth-order valence-electron chi connectivity index (χ4n) is 4.29. The molecule has 0 atom stereocenters. The van der Waals surface area contributed by atoms with E-state index in [4.69, 9.17) is 0 Å². The molecule has 2 heterocycles. The zero-order valence-electron chi connectivity index (χ0n) is 19.1. The van der Waals surface area contributed by atoms with E-state index in [1.54, 1.807) is 10.6 Å². The SMILES string of the molecule is Cc1cc(C)c(NC(=O)CCc2c(C)nc3cc(-c4cccc(F)c4)nn3c2C)c(C)c1. The Kier molecular flexibility index (Phi) is 5.78. The average molecular weight is 431 g/mol.